The number of ether oxygens (including phenoxy) is 1. The van der Waals surface area contributed by atoms with Gasteiger partial charge in [-0.3, -0.25) is 4.79 Å². The van der Waals surface area contributed by atoms with Crippen molar-refractivity contribution in [3.05, 3.63) is 28.2 Å². The van der Waals surface area contributed by atoms with Gasteiger partial charge in [0.1, 0.15) is 11.9 Å². The van der Waals surface area contributed by atoms with Crippen molar-refractivity contribution < 1.29 is 9.53 Å². The molecule has 0 saturated heterocycles. The first-order chi connectivity index (χ1) is 10.0. The maximum Gasteiger partial charge on any atom is 0.221 e. The third-order valence-electron chi connectivity index (χ3n) is 3.37. The number of halogens is 1. The molecule has 1 heterocycles. The smallest absolute Gasteiger partial charge is 0.221 e. The van der Waals surface area contributed by atoms with Gasteiger partial charge in [0, 0.05) is 36.9 Å². The average molecular weight is 355 g/mol. The van der Waals surface area contributed by atoms with Gasteiger partial charge >= 0.3 is 0 Å². The molecule has 0 radical (unpaired) electrons. The van der Waals surface area contributed by atoms with Crippen LogP contribution in [0.2, 0.25) is 0 Å². The first-order valence-electron chi connectivity index (χ1n) is 7.47. The molecule has 1 aliphatic rings. The number of fused-ring (bicyclic) bond motifs is 1. The predicted octanol–water partition coefficient (Wildman–Crippen LogP) is 2.50. The van der Waals surface area contributed by atoms with E-state index in [1.807, 2.05) is 12.1 Å². The van der Waals surface area contributed by atoms with Crippen LogP contribution in [0.5, 0.6) is 5.75 Å². The summed E-state index contributed by atoms with van der Waals surface area (Å²) in [6, 6.07) is 6.10. The van der Waals surface area contributed by atoms with Gasteiger partial charge in [0.05, 0.1) is 0 Å². The van der Waals surface area contributed by atoms with Gasteiger partial charge in [-0.1, -0.05) is 29.8 Å². The molecule has 1 unspecified atom stereocenters. The van der Waals surface area contributed by atoms with Gasteiger partial charge in [-0.15, -0.1) is 0 Å². The van der Waals surface area contributed by atoms with Crippen molar-refractivity contribution in [3.8, 4) is 5.75 Å². The fraction of sp³-hybridized carbons (Fsp3) is 0.562. The normalized spacial score (nSPS) is 16.7. The molecule has 1 atom stereocenters. The quantitative estimate of drug-likeness (QED) is 0.739. The Balaban J connectivity index is 1.62. The number of nitrogens with one attached hydrogen (secondary N) is 2. The molecular formula is C16H23BrN2O2. The second-order valence-corrected chi connectivity index (χ2v) is 6.76. The average Bonchev–Trinajstić information content (AvgIpc) is 2.83. The fourth-order valence-electron chi connectivity index (χ4n) is 2.27. The minimum absolute atomic E-state index is 0.107. The van der Waals surface area contributed by atoms with Crippen molar-refractivity contribution in [2.75, 3.05) is 19.6 Å². The zero-order valence-corrected chi connectivity index (χ0v) is 14.2. The number of rotatable bonds is 7. The summed E-state index contributed by atoms with van der Waals surface area (Å²) in [4.78, 5) is 11.6. The third-order valence-corrected chi connectivity index (χ3v) is 3.87. The van der Waals surface area contributed by atoms with Crippen LogP contribution in [0, 0.1) is 5.92 Å². The molecule has 4 nitrogen and oxygen atoms in total. The van der Waals surface area contributed by atoms with Crippen LogP contribution in [0.3, 0.4) is 0 Å². The van der Waals surface area contributed by atoms with Crippen LogP contribution in [-0.4, -0.2) is 31.6 Å². The SMILES string of the molecule is CC(C)CNC(=O)CCNCC1Cc2cc(Br)ccc2O1. The lowest BCUT2D eigenvalue weighted by Gasteiger charge is -2.12. The summed E-state index contributed by atoms with van der Waals surface area (Å²) in [6.45, 7) is 6.38. The molecule has 1 aromatic rings. The highest BCUT2D eigenvalue weighted by atomic mass is 79.9. The summed E-state index contributed by atoms with van der Waals surface area (Å²) >= 11 is 3.47. The Morgan fingerprint density at radius 1 is 1.48 bits per heavy atom. The van der Waals surface area contributed by atoms with Crippen molar-refractivity contribution in [1.82, 2.24) is 10.6 Å². The van der Waals surface area contributed by atoms with Crippen molar-refractivity contribution in [1.29, 1.82) is 0 Å². The van der Waals surface area contributed by atoms with Crippen LogP contribution in [0.25, 0.3) is 0 Å². The summed E-state index contributed by atoms with van der Waals surface area (Å²) in [5.41, 5.74) is 1.24. The lowest BCUT2D eigenvalue weighted by atomic mass is 10.1. The Morgan fingerprint density at radius 3 is 3.05 bits per heavy atom. The van der Waals surface area contributed by atoms with E-state index in [4.69, 9.17) is 4.74 Å². The van der Waals surface area contributed by atoms with Gasteiger partial charge in [-0.25, -0.2) is 0 Å². The Labute approximate surface area is 134 Å². The molecule has 116 valence electrons. The van der Waals surface area contributed by atoms with Crippen LogP contribution >= 0.6 is 15.9 Å². The lowest BCUT2D eigenvalue weighted by molar-refractivity contribution is -0.121. The van der Waals surface area contributed by atoms with E-state index in [1.54, 1.807) is 0 Å². The number of hydrogen-bond acceptors (Lipinski definition) is 3. The second kappa shape index (κ2) is 7.80. The summed E-state index contributed by atoms with van der Waals surface area (Å²) in [5.74, 6) is 1.57. The zero-order valence-electron chi connectivity index (χ0n) is 12.6. The van der Waals surface area contributed by atoms with Gasteiger partial charge in [0.15, 0.2) is 0 Å². The van der Waals surface area contributed by atoms with E-state index in [-0.39, 0.29) is 12.0 Å². The highest BCUT2D eigenvalue weighted by molar-refractivity contribution is 9.10. The first kappa shape index (κ1) is 16.3. The van der Waals surface area contributed by atoms with Crippen LogP contribution in [0.1, 0.15) is 25.8 Å². The Bertz CT molecular complexity index is 491. The molecule has 0 bridgehead atoms. The Kier molecular flexibility index (Phi) is 6.06. The van der Waals surface area contributed by atoms with Crippen molar-refractivity contribution >= 4 is 21.8 Å². The second-order valence-electron chi connectivity index (χ2n) is 5.85. The van der Waals surface area contributed by atoms with E-state index in [1.165, 1.54) is 5.56 Å². The molecule has 1 aliphatic heterocycles. The minimum Gasteiger partial charge on any atom is -0.488 e. The number of carbonyl (C=O) groups excluding carboxylic acids is 1. The highest BCUT2D eigenvalue weighted by Crippen LogP contribution is 2.30. The summed E-state index contributed by atoms with van der Waals surface area (Å²) in [7, 11) is 0. The summed E-state index contributed by atoms with van der Waals surface area (Å²) in [5, 5.41) is 6.21. The predicted molar refractivity (Wildman–Crippen MR) is 87.6 cm³/mol. The molecule has 0 aliphatic carbocycles. The summed E-state index contributed by atoms with van der Waals surface area (Å²) in [6.07, 6.45) is 1.59. The van der Waals surface area contributed by atoms with E-state index in [0.717, 1.165) is 29.7 Å². The molecule has 0 spiro atoms. The van der Waals surface area contributed by atoms with E-state index < -0.39 is 0 Å². The lowest BCUT2D eigenvalue weighted by Crippen LogP contribution is -2.34. The number of amides is 1. The van der Waals surface area contributed by atoms with Gasteiger partial charge < -0.3 is 15.4 Å². The van der Waals surface area contributed by atoms with Crippen molar-refractivity contribution in [2.45, 2.75) is 32.8 Å². The maximum absolute atomic E-state index is 11.6. The maximum atomic E-state index is 11.6. The van der Waals surface area contributed by atoms with E-state index >= 15 is 0 Å². The molecule has 21 heavy (non-hydrogen) atoms. The molecule has 0 fully saturated rings. The van der Waals surface area contributed by atoms with Crippen LogP contribution < -0.4 is 15.4 Å². The summed E-state index contributed by atoms with van der Waals surface area (Å²) < 4.78 is 6.95. The molecule has 0 aromatic heterocycles. The number of benzene rings is 1. The molecule has 0 saturated carbocycles. The first-order valence-corrected chi connectivity index (χ1v) is 8.26. The monoisotopic (exact) mass is 354 g/mol. The number of carbonyl (C=O) groups is 1. The molecule has 2 N–H and O–H groups in total. The minimum atomic E-state index is 0.107. The Hall–Kier alpha value is -1.07. The van der Waals surface area contributed by atoms with E-state index in [2.05, 4.69) is 46.5 Å². The molecule has 1 amide bonds. The third kappa shape index (κ3) is 5.32. The largest absolute Gasteiger partial charge is 0.488 e. The molecular weight excluding hydrogens is 332 g/mol. The molecule has 5 heteroatoms. The van der Waals surface area contributed by atoms with E-state index in [0.29, 0.717) is 18.9 Å². The standard InChI is InChI=1S/C16H23BrN2O2/c1-11(2)9-19-16(20)5-6-18-10-14-8-12-7-13(17)3-4-15(12)21-14/h3-4,7,11,14,18H,5-6,8-10H2,1-2H3,(H,19,20). The van der Waals surface area contributed by atoms with Crippen molar-refractivity contribution in [2.24, 2.45) is 5.92 Å². The van der Waals surface area contributed by atoms with Gasteiger partial charge in [0.25, 0.3) is 0 Å². The molecule has 1 aromatic carbocycles. The van der Waals surface area contributed by atoms with Crippen molar-refractivity contribution in [3.63, 3.8) is 0 Å². The topological polar surface area (TPSA) is 50.4 Å². The van der Waals surface area contributed by atoms with Gasteiger partial charge in [-0.05, 0) is 29.7 Å². The number of hydrogen-bond donors (Lipinski definition) is 2. The van der Waals surface area contributed by atoms with Crippen LogP contribution in [-0.2, 0) is 11.2 Å². The molecule has 2 rings (SSSR count). The van der Waals surface area contributed by atoms with Gasteiger partial charge in [0.2, 0.25) is 5.91 Å². The van der Waals surface area contributed by atoms with Crippen LogP contribution in [0.15, 0.2) is 22.7 Å². The highest BCUT2D eigenvalue weighted by Gasteiger charge is 2.22. The fourth-order valence-corrected chi connectivity index (χ4v) is 2.68. The Morgan fingerprint density at radius 2 is 2.29 bits per heavy atom. The zero-order chi connectivity index (χ0) is 15.2. The van der Waals surface area contributed by atoms with Crippen LogP contribution in [0.4, 0.5) is 0 Å². The van der Waals surface area contributed by atoms with Gasteiger partial charge in [-0.2, -0.15) is 0 Å². The van der Waals surface area contributed by atoms with E-state index in [9.17, 15) is 4.79 Å².